The van der Waals surface area contributed by atoms with Crippen LogP contribution in [-0.4, -0.2) is 40.9 Å². The summed E-state index contributed by atoms with van der Waals surface area (Å²) in [7, 11) is 0. The van der Waals surface area contributed by atoms with Crippen LogP contribution in [0.3, 0.4) is 0 Å². The maximum Gasteiger partial charge on any atom is 0.300 e. The van der Waals surface area contributed by atoms with E-state index in [0.29, 0.717) is 13.1 Å². The monoisotopic (exact) mass is 200 g/mol. The van der Waals surface area contributed by atoms with Crippen molar-refractivity contribution >= 4 is 17.8 Å². The van der Waals surface area contributed by atoms with E-state index in [-0.39, 0.29) is 11.8 Å². The number of carbonyl (C=O) groups excluding carboxylic acids is 2. The van der Waals surface area contributed by atoms with Crippen LogP contribution in [0.4, 0.5) is 0 Å². The average molecular weight is 200 g/mol. The molecule has 0 spiro atoms. The Morgan fingerprint density at radius 1 is 1.43 bits per heavy atom. The smallest absolute Gasteiger partial charge is 0.300 e. The van der Waals surface area contributed by atoms with Crippen LogP contribution in [0, 0.1) is 0 Å². The lowest BCUT2D eigenvalue weighted by atomic mass is 10.5. The van der Waals surface area contributed by atoms with Crippen LogP contribution in [0.15, 0.2) is 12.2 Å². The molecular weight excluding hydrogens is 188 g/mol. The number of nitrogens with two attached hydrogens (primary N) is 1. The maximum atomic E-state index is 10.7. The van der Waals surface area contributed by atoms with Gasteiger partial charge in [0.2, 0.25) is 0 Å². The van der Waals surface area contributed by atoms with Gasteiger partial charge >= 0.3 is 0 Å². The van der Waals surface area contributed by atoms with Gasteiger partial charge in [0.15, 0.2) is 0 Å². The zero-order valence-electron chi connectivity index (χ0n) is 7.77. The van der Waals surface area contributed by atoms with Gasteiger partial charge in [-0.25, -0.2) is 0 Å². The third-order valence-corrected chi connectivity index (χ3v) is 1.25. The van der Waals surface area contributed by atoms with Gasteiger partial charge in [0, 0.05) is 32.2 Å². The molecule has 1 heterocycles. The molecule has 3 N–H and O–H groups in total. The lowest BCUT2D eigenvalue weighted by Crippen LogP contribution is -2.34. The molecule has 0 saturated carbocycles. The van der Waals surface area contributed by atoms with Gasteiger partial charge in [-0.15, -0.1) is 0 Å². The van der Waals surface area contributed by atoms with Crippen LogP contribution in [-0.2, 0) is 14.4 Å². The highest BCUT2D eigenvalue weighted by atomic mass is 16.4. The number of rotatable bonds is 2. The average Bonchev–Trinajstić information content (AvgIpc) is 2.35. The van der Waals surface area contributed by atoms with Crippen molar-refractivity contribution in [3.05, 3.63) is 12.2 Å². The Balaban J connectivity index is 0.000000364. The first-order chi connectivity index (χ1) is 6.49. The second-order valence-corrected chi connectivity index (χ2v) is 2.47. The number of imide groups is 1. The van der Waals surface area contributed by atoms with Crippen LogP contribution >= 0.6 is 0 Å². The first-order valence-electron chi connectivity index (χ1n) is 3.92. The molecule has 14 heavy (non-hydrogen) atoms. The van der Waals surface area contributed by atoms with E-state index >= 15 is 0 Å². The molecule has 1 rings (SSSR count). The molecule has 0 saturated heterocycles. The van der Waals surface area contributed by atoms with E-state index in [1.807, 2.05) is 0 Å². The van der Waals surface area contributed by atoms with Gasteiger partial charge in [0.25, 0.3) is 17.8 Å². The lowest BCUT2D eigenvalue weighted by molar-refractivity contribution is -0.137. The fourth-order valence-corrected chi connectivity index (χ4v) is 0.781. The SMILES string of the molecule is CC(=O)O.NCCN1C(=O)C=CC1=O. The Labute approximate surface area is 81.0 Å². The van der Waals surface area contributed by atoms with Crippen molar-refractivity contribution in [2.45, 2.75) is 6.92 Å². The predicted molar refractivity (Wildman–Crippen MR) is 48.2 cm³/mol. The summed E-state index contributed by atoms with van der Waals surface area (Å²) in [5.41, 5.74) is 5.16. The minimum atomic E-state index is -0.833. The fraction of sp³-hybridized carbons (Fsp3) is 0.375. The summed E-state index contributed by atoms with van der Waals surface area (Å²) in [6.07, 6.45) is 2.50. The molecule has 0 atom stereocenters. The van der Waals surface area contributed by atoms with Crippen LogP contribution < -0.4 is 5.73 Å². The van der Waals surface area contributed by atoms with Crippen LogP contribution in [0.2, 0.25) is 0 Å². The quantitative estimate of drug-likeness (QED) is 0.554. The molecule has 1 aliphatic rings. The fourth-order valence-electron chi connectivity index (χ4n) is 0.781. The number of carboxylic acid groups (broad SMARTS) is 1. The van der Waals surface area contributed by atoms with Gasteiger partial charge in [-0.05, 0) is 0 Å². The van der Waals surface area contributed by atoms with Crippen LogP contribution in [0.5, 0.6) is 0 Å². The van der Waals surface area contributed by atoms with E-state index in [9.17, 15) is 9.59 Å². The summed E-state index contributed by atoms with van der Waals surface area (Å²) < 4.78 is 0. The molecule has 0 fully saturated rings. The maximum absolute atomic E-state index is 10.7. The number of carbonyl (C=O) groups is 3. The summed E-state index contributed by atoms with van der Waals surface area (Å²) in [4.78, 5) is 31.6. The van der Waals surface area contributed by atoms with Crippen molar-refractivity contribution in [1.29, 1.82) is 0 Å². The third kappa shape index (κ3) is 4.36. The Kier molecular flexibility index (Phi) is 5.16. The normalized spacial score (nSPS) is 14.0. The van der Waals surface area contributed by atoms with Crippen LogP contribution in [0.1, 0.15) is 6.92 Å². The molecule has 0 aliphatic carbocycles. The molecule has 1 aliphatic heterocycles. The van der Waals surface area contributed by atoms with E-state index in [0.717, 1.165) is 11.8 Å². The summed E-state index contributed by atoms with van der Waals surface area (Å²) >= 11 is 0. The van der Waals surface area contributed by atoms with Crippen molar-refractivity contribution in [3.8, 4) is 0 Å². The number of aliphatic carboxylic acids is 1. The Morgan fingerprint density at radius 2 is 1.79 bits per heavy atom. The standard InChI is InChI=1S/C6H8N2O2.C2H4O2/c7-3-4-8-5(9)1-2-6(8)10;1-2(3)4/h1-2H,3-4,7H2;1H3,(H,3,4). The lowest BCUT2D eigenvalue weighted by Gasteiger charge is -2.10. The number of carboxylic acids is 1. The predicted octanol–water partition coefficient (Wildman–Crippen LogP) is -1.04. The first-order valence-corrected chi connectivity index (χ1v) is 3.92. The number of hydrogen-bond acceptors (Lipinski definition) is 4. The minimum absolute atomic E-state index is 0.268. The molecule has 0 aromatic heterocycles. The van der Waals surface area contributed by atoms with Gasteiger partial charge in [-0.1, -0.05) is 0 Å². The highest BCUT2D eigenvalue weighted by Gasteiger charge is 2.21. The highest BCUT2D eigenvalue weighted by Crippen LogP contribution is 2.00. The summed E-state index contributed by atoms with van der Waals surface area (Å²) in [6, 6.07) is 0. The van der Waals surface area contributed by atoms with Crippen molar-refractivity contribution in [1.82, 2.24) is 4.90 Å². The van der Waals surface area contributed by atoms with Crippen molar-refractivity contribution in [2.75, 3.05) is 13.1 Å². The van der Waals surface area contributed by atoms with E-state index in [1.54, 1.807) is 0 Å². The summed E-state index contributed by atoms with van der Waals surface area (Å²) in [5, 5.41) is 7.42. The molecule has 2 amide bonds. The van der Waals surface area contributed by atoms with E-state index < -0.39 is 5.97 Å². The van der Waals surface area contributed by atoms with Crippen molar-refractivity contribution < 1.29 is 19.5 Å². The molecule has 0 radical (unpaired) electrons. The number of nitrogens with zero attached hydrogens (tertiary/aromatic N) is 1. The van der Waals surface area contributed by atoms with E-state index in [2.05, 4.69) is 0 Å². The molecule has 6 heteroatoms. The van der Waals surface area contributed by atoms with Gasteiger partial charge in [-0.2, -0.15) is 0 Å². The molecular formula is C8H12N2O4. The van der Waals surface area contributed by atoms with Gasteiger partial charge < -0.3 is 10.8 Å². The van der Waals surface area contributed by atoms with Gasteiger partial charge in [0.05, 0.1) is 0 Å². The van der Waals surface area contributed by atoms with E-state index in [4.69, 9.17) is 15.6 Å². The topological polar surface area (TPSA) is 101 Å². The van der Waals surface area contributed by atoms with Gasteiger partial charge in [-0.3, -0.25) is 19.3 Å². The molecule has 0 aromatic carbocycles. The van der Waals surface area contributed by atoms with Crippen LogP contribution in [0.25, 0.3) is 0 Å². The molecule has 0 aromatic rings. The molecule has 0 unspecified atom stereocenters. The molecule has 0 bridgehead atoms. The third-order valence-electron chi connectivity index (χ3n) is 1.25. The number of hydrogen-bond donors (Lipinski definition) is 2. The van der Waals surface area contributed by atoms with Crippen molar-refractivity contribution in [3.63, 3.8) is 0 Å². The Morgan fingerprint density at radius 3 is 2.07 bits per heavy atom. The van der Waals surface area contributed by atoms with E-state index in [1.165, 1.54) is 12.2 Å². The molecule has 6 nitrogen and oxygen atoms in total. The Bertz CT molecular complexity index is 251. The Hall–Kier alpha value is -1.69. The largest absolute Gasteiger partial charge is 0.481 e. The van der Waals surface area contributed by atoms with Crippen molar-refractivity contribution in [2.24, 2.45) is 5.73 Å². The first kappa shape index (κ1) is 12.3. The minimum Gasteiger partial charge on any atom is -0.481 e. The summed E-state index contributed by atoms with van der Waals surface area (Å²) in [5.74, 6) is -1.37. The summed E-state index contributed by atoms with van der Waals surface area (Å²) in [6.45, 7) is 1.71. The number of amides is 2. The zero-order valence-corrected chi connectivity index (χ0v) is 7.77. The second kappa shape index (κ2) is 5.87. The second-order valence-electron chi connectivity index (χ2n) is 2.47. The zero-order chi connectivity index (χ0) is 11.1. The molecule has 78 valence electrons. The van der Waals surface area contributed by atoms with Gasteiger partial charge in [0.1, 0.15) is 0 Å². The highest BCUT2D eigenvalue weighted by molar-refractivity contribution is 6.12.